The normalized spacial score (nSPS) is 14.6. The smallest absolute Gasteiger partial charge is 0.273 e. The van der Waals surface area contributed by atoms with Crippen LogP contribution in [0.2, 0.25) is 0 Å². The molecule has 8 nitrogen and oxygen atoms in total. The van der Waals surface area contributed by atoms with Crippen LogP contribution in [0.4, 0.5) is 5.69 Å². The van der Waals surface area contributed by atoms with Gasteiger partial charge in [-0.05, 0) is 18.2 Å². The first-order chi connectivity index (χ1) is 13.5. The number of rotatable bonds is 6. The molecule has 1 saturated heterocycles. The van der Waals surface area contributed by atoms with Crippen LogP contribution >= 0.6 is 0 Å². The summed E-state index contributed by atoms with van der Waals surface area (Å²) in [5.41, 5.74) is 1.36. The number of hydrogen-bond donors (Lipinski definition) is 0. The standard InChI is InChI=1S/C20H23N3O5/c1-27-18-8-7-15(13-19(18)28-2)20(24)22-11-9-21(10-12-22)14-16-5-3-4-6-17(16)23(25)26/h3-8,13H,9-12,14H2,1-2H3. The molecule has 2 aromatic carbocycles. The lowest BCUT2D eigenvalue weighted by Crippen LogP contribution is -2.48. The second-order valence-electron chi connectivity index (χ2n) is 6.52. The summed E-state index contributed by atoms with van der Waals surface area (Å²) in [6.07, 6.45) is 0. The Hall–Kier alpha value is -3.13. The van der Waals surface area contributed by atoms with Gasteiger partial charge in [-0.25, -0.2) is 0 Å². The minimum Gasteiger partial charge on any atom is -0.493 e. The number of carbonyl (C=O) groups is 1. The van der Waals surface area contributed by atoms with Crippen molar-refractivity contribution in [1.29, 1.82) is 0 Å². The number of nitrogens with zero attached hydrogens (tertiary/aromatic N) is 3. The van der Waals surface area contributed by atoms with E-state index >= 15 is 0 Å². The summed E-state index contributed by atoms with van der Waals surface area (Å²) in [6, 6.07) is 11.9. The van der Waals surface area contributed by atoms with E-state index in [9.17, 15) is 14.9 Å². The van der Waals surface area contributed by atoms with E-state index in [0.29, 0.717) is 55.3 Å². The molecule has 1 aliphatic rings. The van der Waals surface area contributed by atoms with Crippen molar-refractivity contribution in [2.75, 3.05) is 40.4 Å². The zero-order valence-corrected chi connectivity index (χ0v) is 16.0. The van der Waals surface area contributed by atoms with Crippen LogP contribution in [0.3, 0.4) is 0 Å². The summed E-state index contributed by atoms with van der Waals surface area (Å²) in [6.45, 7) is 2.94. The molecular formula is C20H23N3O5. The molecule has 1 aliphatic heterocycles. The molecule has 0 unspecified atom stereocenters. The SMILES string of the molecule is COc1ccc(C(=O)N2CCN(Cc3ccccc3[N+](=O)[O-])CC2)cc1OC. The van der Waals surface area contributed by atoms with Crippen molar-refractivity contribution in [2.24, 2.45) is 0 Å². The highest BCUT2D eigenvalue weighted by Crippen LogP contribution is 2.28. The minimum atomic E-state index is -0.355. The fourth-order valence-electron chi connectivity index (χ4n) is 3.32. The van der Waals surface area contributed by atoms with E-state index < -0.39 is 0 Å². The van der Waals surface area contributed by atoms with Gasteiger partial charge in [0.05, 0.1) is 19.1 Å². The van der Waals surface area contributed by atoms with Crippen LogP contribution in [0.15, 0.2) is 42.5 Å². The molecule has 8 heteroatoms. The summed E-state index contributed by atoms with van der Waals surface area (Å²) in [5.74, 6) is 1.03. The number of amides is 1. The fraction of sp³-hybridized carbons (Fsp3) is 0.350. The first-order valence-electron chi connectivity index (χ1n) is 8.99. The number of ether oxygens (including phenoxy) is 2. The number of hydrogen-bond acceptors (Lipinski definition) is 6. The first-order valence-corrected chi connectivity index (χ1v) is 8.99. The Labute approximate surface area is 163 Å². The van der Waals surface area contributed by atoms with E-state index in [2.05, 4.69) is 4.90 Å². The lowest BCUT2D eigenvalue weighted by atomic mass is 10.1. The molecule has 2 aromatic rings. The molecule has 0 saturated carbocycles. The molecule has 3 rings (SSSR count). The Morgan fingerprint density at radius 1 is 1.04 bits per heavy atom. The second kappa shape index (κ2) is 8.71. The van der Waals surface area contributed by atoms with Crippen LogP contribution in [0.25, 0.3) is 0 Å². The molecule has 0 bridgehead atoms. The van der Waals surface area contributed by atoms with E-state index in [1.54, 1.807) is 48.4 Å². The van der Waals surface area contributed by atoms with Gasteiger partial charge in [0.1, 0.15) is 0 Å². The maximum absolute atomic E-state index is 12.8. The maximum Gasteiger partial charge on any atom is 0.273 e. The number of nitro benzene ring substituents is 1. The van der Waals surface area contributed by atoms with E-state index in [4.69, 9.17) is 9.47 Å². The average molecular weight is 385 g/mol. The number of para-hydroxylation sites is 1. The lowest BCUT2D eigenvalue weighted by Gasteiger charge is -2.34. The van der Waals surface area contributed by atoms with E-state index in [1.165, 1.54) is 13.2 Å². The largest absolute Gasteiger partial charge is 0.493 e. The summed E-state index contributed by atoms with van der Waals surface area (Å²) >= 11 is 0. The van der Waals surface area contributed by atoms with Crippen LogP contribution < -0.4 is 9.47 Å². The molecule has 1 heterocycles. The van der Waals surface area contributed by atoms with Crippen LogP contribution in [0, 0.1) is 10.1 Å². The van der Waals surface area contributed by atoms with Crippen LogP contribution in [0.1, 0.15) is 15.9 Å². The number of benzene rings is 2. The first kappa shape index (κ1) is 19.6. The van der Waals surface area contributed by atoms with Crippen molar-refractivity contribution in [3.63, 3.8) is 0 Å². The van der Waals surface area contributed by atoms with Crippen LogP contribution in [0.5, 0.6) is 11.5 Å². The van der Waals surface area contributed by atoms with Gasteiger partial charge in [-0.2, -0.15) is 0 Å². The highest BCUT2D eigenvalue weighted by Gasteiger charge is 2.24. The van der Waals surface area contributed by atoms with Gasteiger partial charge in [0.25, 0.3) is 11.6 Å². The third kappa shape index (κ3) is 4.23. The molecule has 0 N–H and O–H groups in total. The maximum atomic E-state index is 12.8. The zero-order valence-electron chi connectivity index (χ0n) is 16.0. The molecule has 0 radical (unpaired) electrons. The Kier molecular flexibility index (Phi) is 6.10. The predicted octanol–water partition coefficient (Wildman–Crippen LogP) is 2.57. The monoisotopic (exact) mass is 385 g/mol. The summed E-state index contributed by atoms with van der Waals surface area (Å²) in [5, 5.41) is 11.2. The van der Waals surface area contributed by atoms with E-state index in [1.807, 2.05) is 0 Å². The van der Waals surface area contributed by atoms with Gasteiger partial charge in [0.15, 0.2) is 11.5 Å². The number of nitro groups is 1. The van der Waals surface area contributed by atoms with E-state index in [0.717, 1.165) is 0 Å². The molecule has 148 valence electrons. The summed E-state index contributed by atoms with van der Waals surface area (Å²) < 4.78 is 10.5. The molecule has 0 spiro atoms. The van der Waals surface area contributed by atoms with Crippen molar-refractivity contribution < 1.29 is 19.2 Å². The quantitative estimate of drug-likeness (QED) is 0.561. The second-order valence-corrected chi connectivity index (χ2v) is 6.52. The van der Waals surface area contributed by atoms with Crippen LogP contribution in [-0.2, 0) is 6.54 Å². The average Bonchev–Trinajstić information content (AvgIpc) is 2.73. The van der Waals surface area contributed by atoms with Crippen molar-refractivity contribution in [1.82, 2.24) is 9.80 Å². The minimum absolute atomic E-state index is 0.0636. The highest BCUT2D eigenvalue weighted by atomic mass is 16.6. The van der Waals surface area contributed by atoms with E-state index in [-0.39, 0.29) is 16.5 Å². The van der Waals surface area contributed by atoms with Gasteiger partial charge >= 0.3 is 0 Å². The Bertz CT molecular complexity index is 863. The topological polar surface area (TPSA) is 85.2 Å². The van der Waals surface area contributed by atoms with Crippen LogP contribution in [-0.4, -0.2) is 61.0 Å². The highest BCUT2D eigenvalue weighted by molar-refractivity contribution is 5.95. The van der Waals surface area contributed by atoms with Crippen molar-refractivity contribution in [2.45, 2.75) is 6.54 Å². The van der Waals surface area contributed by atoms with Gasteiger partial charge in [0, 0.05) is 49.9 Å². The summed E-state index contributed by atoms with van der Waals surface area (Å²) in [7, 11) is 3.09. The third-order valence-corrected chi connectivity index (χ3v) is 4.87. The Balaban J connectivity index is 1.63. The molecule has 0 atom stereocenters. The number of methoxy groups -OCH3 is 2. The zero-order chi connectivity index (χ0) is 20.1. The number of carbonyl (C=O) groups excluding carboxylic acids is 1. The van der Waals surface area contributed by atoms with Crippen molar-refractivity contribution >= 4 is 11.6 Å². The van der Waals surface area contributed by atoms with Gasteiger partial charge in [-0.15, -0.1) is 0 Å². The molecule has 1 fully saturated rings. The van der Waals surface area contributed by atoms with Crippen molar-refractivity contribution in [3.05, 3.63) is 63.7 Å². The fourth-order valence-corrected chi connectivity index (χ4v) is 3.32. The predicted molar refractivity (Wildman–Crippen MR) is 104 cm³/mol. The van der Waals surface area contributed by atoms with Gasteiger partial charge in [-0.1, -0.05) is 18.2 Å². The number of piperazine rings is 1. The lowest BCUT2D eigenvalue weighted by molar-refractivity contribution is -0.385. The third-order valence-electron chi connectivity index (χ3n) is 4.87. The van der Waals surface area contributed by atoms with Gasteiger partial charge in [0.2, 0.25) is 0 Å². The molecular weight excluding hydrogens is 362 g/mol. The molecule has 0 aromatic heterocycles. The molecule has 28 heavy (non-hydrogen) atoms. The molecule has 0 aliphatic carbocycles. The Morgan fingerprint density at radius 2 is 1.71 bits per heavy atom. The summed E-state index contributed by atoms with van der Waals surface area (Å²) in [4.78, 5) is 27.5. The Morgan fingerprint density at radius 3 is 2.36 bits per heavy atom. The van der Waals surface area contributed by atoms with Gasteiger partial charge < -0.3 is 14.4 Å². The molecule has 1 amide bonds. The van der Waals surface area contributed by atoms with Crippen molar-refractivity contribution in [3.8, 4) is 11.5 Å². The van der Waals surface area contributed by atoms with Gasteiger partial charge in [-0.3, -0.25) is 19.8 Å².